The zero-order valence-electron chi connectivity index (χ0n) is 9.39. The van der Waals surface area contributed by atoms with E-state index in [0.29, 0.717) is 23.0 Å². The van der Waals surface area contributed by atoms with E-state index in [-0.39, 0.29) is 5.56 Å². The molecule has 4 heteroatoms. The topological polar surface area (TPSA) is 60.2 Å². The van der Waals surface area contributed by atoms with Crippen molar-refractivity contribution in [2.75, 3.05) is 0 Å². The number of hydrogen-bond donors (Lipinski definition) is 1. The first-order valence-corrected chi connectivity index (χ1v) is 5.27. The SMILES string of the molecule is NC(=O)c1ccc(-c2cccc(C=O)c2)c(F)c1. The quantitative estimate of drug-likeness (QED) is 0.841. The Kier molecular flexibility index (Phi) is 3.19. The van der Waals surface area contributed by atoms with Crippen molar-refractivity contribution in [2.45, 2.75) is 0 Å². The molecule has 0 aromatic heterocycles. The number of aldehydes is 1. The van der Waals surface area contributed by atoms with E-state index >= 15 is 0 Å². The van der Waals surface area contributed by atoms with Gasteiger partial charge < -0.3 is 5.73 Å². The minimum atomic E-state index is -0.679. The van der Waals surface area contributed by atoms with Crippen molar-refractivity contribution in [3.05, 3.63) is 59.4 Å². The van der Waals surface area contributed by atoms with E-state index in [1.165, 1.54) is 12.1 Å². The number of rotatable bonds is 3. The van der Waals surface area contributed by atoms with Crippen molar-refractivity contribution in [3.63, 3.8) is 0 Å². The maximum absolute atomic E-state index is 13.8. The second kappa shape index (κ2) is 4.79. The van der Waals surface area contributed by atoms with Crippen molar-refractivity contribution in [1.82, 2.24) is 0 Å². The van der Waals surface area contributed by atoms with Gasteiger partial charge in [-0.15, -0.1) is 0 Å². The van der Waals surface area contributed by atoms with Crippen molar-refractivity contribution < 1.29 is 14.0 Å². The Bertz CT molecular complexity index is 623. The molecule has 1 amide bonds. The van der Waals surface area contributed by atoms with E-state index in [4.69, 9.17) is 5.73 Å². The second-order valence-corrected chi connectivity index (χ2v) is 3.80. The summed E-state index contributed by atoms with van der Waals surface area (Å²) in [6.07, 6.45) is 0.694. The van der Waals surface area contributed by atoms with Crippen LogP contribution in [0.15, 0.2) is 42.5 Å². The van der Waals surface area contributed by atoms with Crippen molar-refractivity contribution >= 4 is 12.2 Å². The number of primary amides is 1. The first kappa shape index (κ1) is 12.0. The molecule has 0 fully saturated rings. The first-order valence-electron chi connectivity index (χ1n) is 5.27. The highest BCUT2D eigenvalue weighted by molar-refractivity contribution is 5.93. The average molecular weight is 243 g/mol. The fourth-order valence-corrected chi connectivity index (χ4v) is 1.68. The molecule has 90 valence electrons. The Morgan fingerprint density at radius 1 is 1.17 bits per heavy atom. The number of benzene rings is 2. The van der Waals surface area contributed by atoms with Crippen LogP contribution < -0.4 is 5.73 Å². The summed E-state index contributed by atoms with van der Waals surface area (Å²) in [5.41, 5.74) is 6.54. The molecule has 0 saturated carbocycles. The van der Waals surface area contributed by atoms with E-state index < -0.39 is 11.7 Å². The van der Waals surface area contributed by atoms with Gasteiger partial charge in [-0.25, -0.2) is 4.39 Å². The van der Waals surface area contributed by atoms with Gasteiger partial charge in [-0.05, 0) is 23.8 Å². The molecule has 0 bridgehead atoms. The number of nitrogens with two attached hydrogens (primary N) is 1. The molecule has 18 heavy (non-hydrogen) atoms. The van der Waals surface area contributed by atoms with Gasteiger partial charge in [0.05, 0.1) is 0 Å². The summed E-state index contributed by atoms with van der Waals surface area (Å²) in [5.74, 6) is -1.23. The van der Waals surface area contributed by atoms with Crippen LogP contribution in [0.4, 0.5) is 4.39 Å². The van der Waals surface area contributed by atoms with Gasteiger partial charge in [-0.1, -0.05) is 24.3 Å². The standard InChI is InChI=1S/C14H10FNO2/c15-13-7-11(14(16)18)4-5-12(13)10-3-1-2-9(6-10)8-17/h1-8H,(H2,16,18). The van der Waals surface area contributed by atoms with Gasteiger partial charge in [0, 0.05) is 16.7 Å². The summed E-state index contributed by atoms with van der Waals surface area (Å²) in [6, 6.07) is 10.6. The normalized spacial score (nSPS) is 10.1. The van der Waals surface area contributed by atoms with Gasteiger partial charge >= 0.3 is 0 Å². The van der Waals surface area contributed by atoms with Crippen LogP contribution >= 0.6 is 0 Å². The third-order valence-corrected chi connectivity index (χ3v) is 2.59. The Morgan fingerprint density at radius 3 is 2.56 bits per heavy atom. The summed E-state index contributed by atoms with van der Waals surface area (Å²) >= 11 is 0. The molecule has 2 rings (SSSR count). The van der Waals surface area contributed by atoms with Crippen LogP contribution in [-0.2, 0) is 0 Å². The minimum Gasteiger partial charge on any atom is -0.366 e. The van der Waals surface area contributed by atoms with Crippen molar-refractivity contribution in [1.29, 1.82) is 0 Å². The van der Waals surface area contributed by atoms with Crippen LogP contribution in [0.3, 0.4) is 0 Å². The molecule has 0 spiro atoms. The third kappa shape index (κ3) is 2.27. The molecule has 0 aliphatic heterocycles. The van der Waals surface area contributed by atoms with Crippen molar-refractivity contribution in [2.24, 2.45) is 5.73 Å². The molecule has 0 aliphatic carbocycles. The Morgan fingerprint density at radius 2 is 1.94 bits per heavy atom. The van der Waals surface area contributed by atoms with Crippen LogP contribution in [0.1, 0.15) is 20.7 Å². The zero-order valence-corrected chi connectivity index (χ0v) is 9.39. The summed E-state index contributed by atoms with van der Waals surface area (Å²) < 4.78 is 13.8. The number of carbonyl (C=O) groups is 2. The molecular weight excluding hydrogens is 233 g/mol. The molecule has 2 aromatic carbocycles. The Labute approximate surface area is 103 Å². The van der Waals surface area contributed by atoms with E-state index in [9.17, 15) is 14.0 Å². The van der Waals surface area contributed by atoms with Crippen LogP contribution in [0, 0.1) is 5.82 Å². The van der Waals surface area contributed by atoms with Crippen LogP contribution in [-0.4, -0.2) is 12.2 Å². The summed E-state index contributed by atoms with van der Waals surface area (Å²) in [7, 11) is 0. The van der Waals surface area contributed by atoms with Crippen LogP contribution in [0.25, 0.3) is 11.1 Å². The number of hydrogen-bond acceptors (Lipinski definition) is 2. The van der Waals surface area contributed by atoms with Gasteiger partial charge in [-0.3, -0.25) is 9.59 Å². The zero-order chi connectivity index (χ0) is 13.1. The van der Waals surface area contributed by atoms with Gasteiger partial charge in [0.2, 0.25) is 5.91 Å². The minimum absolute atomic E-state index is 0.114. The van der Waals surface area contributed by atoms with E-state index in [1.807, 2.05) is 0 Å². The fourth-order valence-electron chi connectivity index (χ4n) is 1.68. The van der Waals surface area contributed by atoms with Gasteiger partial charge in [0.1, 0.15) is 12.1 Å². The average Bonchev–Trinajstić information content (AvgIpc) is 2.38. The molecule has 2 N–H and O–H groups in total. The Balaban J connectivity index is 2.50. The van der Waals surface area contributed by atoms with Gasteiger partial charge in [-0.2, -0.15) is 0 Å². The predicted octanol–water partition coefficient (Wildman–Crippen LogP) is 2.40. The summed E-state index contributed by atoms with van der Waals surface area (Å²) in [5, 5.41) is 0. The lowest BCUT2D eigenvalue weighted by atomic mass is 10.0. The smallest absolute Gasteiger partial charge is 0.248 e. The van der Waals surface area contributed by atoms with E-state index in [1.54, 1.807) is 24.3 Å². The van der Waals surface area contributed by atoms with Crippen LogP contribution in [0.5, 0.6) is 0 Å². The predicted molar refractivity (Wildman–Crippen MR) is 65.7 cm³/mol. The molecule has 0 unspecified atom stereocenters. The number of amides is 1. The fraction of sp³-hybridized carbons (Fsp3) is 0. The monoisotopic (exact) mass is 243 g/mol. The molecule has 0 radical (unpaired) electrons. The maximum atomic E-state index is 13.8. The third-order valence-electron chi connectivity index (χ3n) is 2.59. The highest BCUT2D eigenvalue weighted by Gasteiger charge is 2.09. The molecule has 0 aliphatic rings. The lowest BCUT2D eigenvalue weighted by Crippen LogP contribution is -2.11. The highest BCUT2D eigenvalue weighted by Crippen LogP contribution is 2.24. The van der Waals surface area contributed by atoms with Crippen molar-refractivity contribution in [3.8, 4) is 11.1 Å². The maximum Gasteiger partial charge on any atom is 0.248 e. The first-order chi connectivity index (χ1) is 8.61. The molecular formula is C14H10FNO2. The molecule has 3 nitrogen and oxygen atoms in total. The van der Waals surface area contributed by atoms with E-state index in [2.05, 4.69) is 0 Å². The summed E-state index contributed by atoms with van der Waals surface area (Å²) in [4.78, 5) is 21.6. The molecule has 0 atom stereocenters. The highest BCUT2D eigenvalue weighted by atomic mass is 19.1. The number of carbonyl (C=O) groups excluding carboxylic acids is 2. The molecule has 2 aromatic rings. The second-order valence-electron chi connectivity index (χ2n) is 3.80. The molecule has 0 saturated heterocycles. The Hall–Kier alpha value is -2.49. The van der Waals surface area contributed by atoms with E-state index in [0.717, 1.165) is 6.07 Å². The van der Waals surface area contributed by atoms with Gasteiger partial charge in [0.15, 0.2) is 0 Å². The summed E-state index contributed by atoms with van der Waals surface area (Å²) in [6.45, 7) is 0. The van der Waals surface area contributed by atoms with Gasteiger partial charge in [0.25, 0.3) is 0 Å². The molecule has 0 heterocycles. The van der Waals surface area contributed by atoms with Crippen LogP contribution in [0.2, 0.25) is 0 Å². The number of halogens is 1. The largest absolute Gasteiger partial charge is 0.366 e. The lowest BCUT2D eigenvalue weighted by molar-refractivity contribution is 0.0999. The lowest BCUT2D eigenvalue weighted by Gasteiger charge is -2.05.